The molecule has 0 bridgehead atoms. The van der Waals surface area contributed by atoms with Crippen molar-refractivity contribution in [3.8, 4) is 11.1 Å². The Bertz CT molecular complexity index is 1290. The van der Waals surface area contributed by atoms with Gasteiger partial charge in [-0.1, -0.05) is 42.5 Å². The third-order valence-electron chi connectivity index (χ3n) is 5.12. The number of hydrogen-bond donors (Lipinski definition) is 1. The highest BCUT2D eigenvalue weighted by Gasteiger charge is 2.18. The van der Waals surface area contributed by atoms with Crippen LogP contribution in [0.5, 0.6) is 0 Å². The van der Waals surface area contributed by atoms with E-state index in [1.807, 2.05) is 36.4 Å². The molecule has 136 valence electrons. The molecule has 0 fully saturated rings. The number of carbonyl (C=O) groups is 1. The summed E-state index contributed by atoms with van der Waals surface area (Å²) in [4.78, 5) is 29.3. The van der Waals surface area contributed by atoms with Crippen molar-refractivity contribution in [3.05, 3.63) is 94.5 Å². The maximum Gasteiger partial charge on any atom is 0.261 e. The van der Waals surface area contributed by atoms with E-state index in [0.29, 0.717) is 10.9 Å². The van der Waals surface area contributed by atoms with Crippen molar-refractivity contribution in [3.63, 3.8) is 0 Å². The van der Waals surface area contributed by atoms with E-state index in [-0.39, 0.29) is 18.0 Å². The second-order valence-corrected chi connectivity index (χ2v) is 6.95. The fraction of sp³-hybridized carbons (Fsp3) is 0.0870. The van der Waals surface area contributed by atoms with Crippen LogP contribution in [0.2, 0.25) is 0 Å². The Morgan fingerprint density at radius 1 is 0.964 bits per heavy atom. The zero-order valence-corrected chi connectivity index (χ0v) is 15.1. The minimum absolute atomic E-state index is 0.0754. The number of anilines is 1. The number of amides is 1. The molecule has 1 amide bonds. The lowest BCUT2D eigenvalue weighted by Crippen LogP contribution is -2.27. The largest absolute Gasteiger partial charge is 0.325 e. The number of carbonyl (C=O) groups excluding carboxylic acids is 1. The summed E-state index contributed by atoms with van der Waals surface area (Å²) in [5, 5.41) is 3.40. The van der Waals surface area contributed by atoms with Crippen LogP contribution >= 0.6 is 0 Å². The zero-order chi connectivity index (χ0) is 19.1. The normalized spacial score (nSPS) is 11.9. The monoisotopic (exact) mass is 367 g/mol. The zero-order valence-electron chi connectivity index (χ0n) is 15.1. The van der Waals surface area contributed by atoms with Gasteiger partial charge in [-0.15, -0.1) is 0 Å². The van der Waals surface area contributed by atoms with Gasteiger partial charge < -0.3 is 5.32 Å². The average Bonchev–Trinajstić information content (AvgIpc) is 3.08. The molecule has 0 saturated carbocycles. The number of para-hydroxylation sites is 1. The number of hydrogen-bond acceptors (Lipinski definition) is 3. The fourth-order valence-electron chi connectivity index (χ4n) is 3.80. The maximum absolute atomic E-state index is 12.5. The number of benzene rings is 3. The molecular weight excluding hydrogens is 350 g/mol. The molecule has 1 aliphatic carbocycles. The number of nitrogens with zero attached hydrogens (tertiary/aromatic N) is 2. The smallest absolute Gasteiger partial charge is 0.261 e. The molecule has 0 radical (unpaired) electrons. The van der Waals surface area contributed by atoms with E-state index in [9.17, 15) is 9.59 Å². The Balaban J connectivity index is 1.36. The number of fused-ring (bicyclic) bond motifs is 4. The van der Waals surface area contributed by atoms with Gasteiger partial charge in [0.05, 0.1) is 17.2 Å². The van der Waals surface area contributed by atoms with E-state index in [4.69, 9.17) is 0 Å². The van der Waals surface area contributed by atoms with Crippen LogP contribution in [0.3, 0.4) is 0 Å². The van der Waals surface area contributed by atoms with Crippen molar-refractivity contribution in [2.75, 3.05) is 5.32 Å². The molecule has 5 nitrogen and oxygen atoms in total. The molecule has 0 spiro atoms. The lowest BCUT2D eigenvalue weighted by molar-refractivity contribution is -0.116. The molecule has 5 heteroatoms. The minimum atomic E-state index is -0.255. The molecular formula is C23H17N3O2. The Morgan fingerprint density at radius 3 is 2.68 bits per heavy atom. The second-order valence-electron chi connectivity index (χ2n) is 6.95. The van der Waals surface area contributed by atoms with Crippen molar-refractivity contribution < 1.29 is 4.79 Å². The highest BCUT2D eigenvalue weighted by Crippen LogP contribution is 2.37. The predicted molar refractivity (Wildman–Crippen MR) is 109 cm³/mol. The summed E-state index contributed by atoms with van der Waals surface area (Å²) < 4.78 is 1.33. The van der Waals surface area contributed by atoms with Crippen molar-refractivity contribution in [2.45, 2.75) is 13.0 Å². The van der Waals surface area contributed by atoms with Gasteiger partial charge in [0.2, 0.25) is 5.91 Å². The second kappa shape index (κ2) is 6.46. The molecule has 1 aliphatic rings. The van der Waals surface area contributed by atoms with E-state index in [1.165, 1.54) is 33.1 Å². The number of rotatable bonds is 3. The molecule has 1 aromatic heterocycles. The van der Waals surface area contributed by atoms with Crippen molar-refractivity contribution in [2.24, 2.45) is 0 Å². The summed E-state index contributed by atoms with van der Waals surface area (Å²) >= 11 is 0. The van der Waals surface area contributed by atoms with Crippen LogP contribution in [-0.4, -0.2) is 15.5 Å². The molecule has 4 aromatic rings. The average molecular weight is 367 g/mol. The van der Waals surface area contributed by atoms with Crippen molar-refractivity contribution >= 4 is 22.5 Å². The standard InChI is InChI=1S/C23H17N3O2/c27-22(13-26-14-24-21-8-4-3-7-20(21)23(26)28)25-17-9-10-19-16(12-17)11-15-5-1-2-6-18(15)19/h1-10,12,14H,11,13H2,(H,25,27). The Morgan fingerprint density at radius 2 is 1.75 bits per heavy atom. The van der Waals surface area contributed by atoms with E-state index in [0.717, 1.165) is 12.1 Å². The van der Waals surface area contributed by atoms with Crippen LogP contribution < -0.4 is 10.9 Å². The van der Waals surface area contributed by atoms with Gasteiger partial charge in [0.25, 0.3) is 5.56 Å². The lowest BCUT2D eigenvalue weighted by atomic mass is 10.1. The van der Waals surface area contributed by atoms with Crippen LogP contribution in [0.1, 0.15) is 11.1 Å². The number of aromatic nitrogens is 2. The highest BCUT2D eigenvalue weighted by atomic mass is 16.2. The van der Waals surface area contributed by atoms with Crippen LogP contribution in [0.25, 0.3) is 22.0 Å². The van der Waals surface area contributed by atoms with Gasteiger partial charge in [-0.2, -0.15) is 0 Å². The van der Waals surface area contributed by atoms with E-state index < -0.39 is 0 Å². The van der Waals surface area contributed by atoms with Crippen LogP contribution in [0, 0.1) is 0 Å². The van der Waals surface area contributed by atoms with Crippen LogP contribution in [0.15, 0.2) is 77.9 Å². The van der Waals surface area contributed by atoms with Gasteiger partial charge in [-0.3, -0.25) is 14.2 Å². The van der Waals surface area contributed by atoms with E-state index in [2.05, 4.69) is 22.4 Å². The molecule has 28 heavy (non-hydrogen) atoms. The molecule has 0 aliphatic heterocycles. The quantitative estimate of drug-likeness (QED) is 0.530. The molecule has 0 unspecified atom stereocenters. The lowest BCUT2D eigenvalue weighted by Gasteiger charge is -2.09. The SMILES string of the molecule is O=C(Cn1cnc2ccccc2c1=O)Nc1ccc2c(c1)Cc1ccccc1-2. The third kappa shape index (κ3) is 2.77. The summed E-state index contributed by atoms with van der Waals surface area (Å²) in [6.07, 6.45) is 2.28. The first-order valence-electron chi connectivity index (χ1n) is 9.14. The predicted octanol–water partition coefficient (Wildman–Crippen LogP) is 3.61. The summed E-state index contributed by atoms with van der Waals surface area (Å²) in [6, 6.07) is 21.4. The van der Waals surface area contributed by atoms with Crippen LogP contribution in [0.4, 0.5) is 5.69 Å². The minimum Gasteiger partial charge on any atom is -0.325 e. The van der Waals surface area contributed by atoms with Crippen LogP contribution in [-0.2, 0) is 17.8 Å². The topological polar surface area (TPSA) is 64.0 Å². The Labute approximate surface area is 161 Å². The van der Waals surface area contributed by atoms with Gasteiger partial charge in [0, 0.05) is 5.69 Å². The van der Waals surface area contributed by atoms with Gasteiger partial charge in [-0.25, -0.2) is 4.98 Å². The summed E-state index contributed by atoms with van der Waals surface area (Å²) in [7, 11) is 0. The first kappa shape index (κ1) is 16.4. The van der Waals surface area contributed by atoms with E-state index in [1.54, 1.807) is 18.2 Å². The van der Waals surface area contributed by atoms with Gasteiger partial charge in [0.15, 0.2) is 0 Å². The van der Waals surface area contributed by atoms with Gasteiger partial charge >= 0.3 is 0 Å². The van der Waals surface area contributed by atoms with E-state index >= 15 is 0 Å². The highest BCUT2D eigenvalue weighted by molar-refractivity contribution is 5.92. The molecule has 0 atom stereocenters. The third-order valence-corrected chi connectivity index (χ3v) is 5.12. The van der Waals surface area contributed by atoms with Gasteiger partial charge in [-0.05, 0) is 52.9 Å². The molecule has 1 N–H and O–H groups in total. The molecule has 1 heterocycles. The molecule has 0 saturated heterocycles. The summed E-state index contributed by atoms with van der Waals surface area (Å²) in [6.45, 7) is -0.0754. The Hall–Kier alpha value is -3.73. The van der Waals surface area contributed by atoms with Gasteiger partial charge in [0.1, 0.15) is 6.54 Å². The Kier molecular flexibility index (Phi) is 3.79. The maximum atomic E-state index is 12.5. The van der Waals surface area contributed by atoms with Crippen molar-refractivity contribution in [1.82, 2.24) is 9.55 Å². The molecule has 5 rings (SSSR count). The fourth-order valence-corrected chi connectivity index (χ4v) is 3.80. The first-order valence-corrected chi connectivity index (χ1v) is 9.14. The summed E-state index contributed by atoms with van der Waals surface area (Å²) in [5.41, 5.74) is 6.11. The number of nitrogens with one attached hydrogen (secondary N) is 1. The summed E-state index contributed by atoms with van der Waals surface area (Å²) in [5.74, 6) is -0.255. The van der Waals surface area contributed by atoms with Crippen molar-refractivity contribution in [1.29, 1.82) is 0 Å². The first-order chi connectivity index (χ1) is 13.7. The molecule has 3 aromatic carbocycles.